The molecule has 0 aliphatic heterocycles. The van der Waals surface area contributed by atoms with Crippen LogP contribution in [0.25, 0.3) is 21.0 Å². The van der Waals surface area contributed by atoms with Gasteiger partial charge in [-0.3, -0.25) is 9.59 Å². The number of ketones is 1. The van der Waals surface area contributed by atoms with Crippen molar-refractivity contribution in [3.8, 4) is 0 Å². The third kappa shape index (κ3) is 4.63. The first-order valence-electron chi connectivity index (χ1n) is 10.3. The molecule has 2 N–H and O–H groups in total. The summed E-state index contributed by atoms with van der Waals surface area (Å²) in [5, 5.41) is 14.8. The van der Waals surface area contributed by atoms with Crippen molar-refractivity contribution >= 4 is 62.2 Å². The van der Waals surface area contributed by atoms with E-state index in [1.807, 2.05) is 37.3 Å². The molecule has 1 atom stereocenters. The number of carbonyl (C=O) groups is 2. The minimum absolute atomic E-state index is 0. The number of aryl methyl sites for hydroxylation is 1. The molecule has 33 heavy (non-hydrogen) atoms. The van der Waals surface area contributed by atoms with Gasteiger partial charge in [-0.1, -0.05) is 24.3 Å². The summed E-state index contributed by atoms with van der Waals surface area (Å²) < 4.78 is 6.10. The van der Waals surface area contributed by atoms with Gasteiger partial charge in [0.15, 0.2) is 5.78 Å². The summed E-state index contributed by atoms with van der Waals surface area (Å²) in [4.78, 5) is 30.5. The molecule has 4 aromatic rings. The van der Waals surface area contributed by atoms with Gasteiger partial charge in [-0.25, -0.2) is 4.98 Å². The first-order chi connectivity index (χ1) is 15.3. The van der Waals surface area contributed by atoms with Crippen LogP contribution in [-0.4, -0.2) is 28.9 Å². The predicted octanol–water partition coefficient (Wildman–Crippen LogP) is 5.83. The molecule has 0 radical (unpaired) electrons. The highest BCUT2D eigenvalue weighted by Crippen LogP contribution is 2.37. The molecular formula is C25H25ClN2O4S. The molecule has 2 heterocycles. The fourth-order valence-electron chi connectivity index (χ4n) is 3.99. The topological polar surface area (TPSA) is 88.5 Å². The fraction of sp³-hybridized carbons (Fsp3) is 0.240. The van der Waals surface area contributed by atoms with Gasteiger partial charge in [-0.15, -0.1) is 23.7 Å². The van der Waals surface area contributed by atoms with E-state index in [-0.39, 0.29) is 24.1 Å². The van der Waals surface area contributed by atoms with Gasteiger partial charge in [-0.2, -0.15) is 0 Å². The number of hydrogen-bond acceptors (Lipinski definition) is 6. The molecule has 2 aromatic heterocycles. The molecule has 8 heteroatoms. The lowest BCUT2D eigenvalue weighted by molar-refractivity contribution is 0.101. The number of fused-ring (bicyclic) bond motifs is 2. The number of pyridine rings is 1. The van der Waals surface area contributed by atoms with Gasteiger partial charge in [-0.05, 0) is 55.7 Å². The number of methoxy groups -OCH3 is 1. The van der Waals surface area contributed by atoms with E-state index < -0.39 is 6.10 Å². The van der Waals surface area contributed by atoms with Crippen LogP contribution in [0.4, 0.5) is 5.82 Å². The Morgan fingerprint density at radius 1 is 1.21 bits per heavy atom. The SMILES string of the molecule is COCc1ccc(C(C)=O)c2sc(C(=O)Nc3cc(C(C)O)c4ccccc4n3)c(C)c12.Cl. The number of carbonyl (C=O) groups excluding carboxylic acids is 2. The van der Waals surface area contributed by atoms with Gasteiger partial charge in [0.1, 0.15) is 5.82 Å². The van der Waals surface area contributed by atoms with Crippen LogP contribution < -0.4 is 5.32 Å². The van der Waals surface area contributed by atoms with Gasteiger partial charge in [0.25, 0.3) is 5.91 Å². The number of Topliss-reactive ketones (excluding diaryl/α,β-unsaturated/α-hetero) is 1. The number of aliphatic hydroxyl groups is 1. The van der Waals surface area contributed by atoms with Crippen LogP contribution in [-0.2, 0) is 11.3 Å². The highest BCUT2D eigenvalue weighted by Gasteiger charge is 2.22. The number of nitrogens with one attached hydrogen (secondary N) is 1. The van der Waals surface area contributed by atoms with Gasteiger partial charge < -0.3 is 15.2 Å². The molecule has 4 rings (SSSR count). The number of rotatable bonds is 6. The van der Waals surface area contributed by atoms with Crippen LogP contribution in [0, 0.1) is 6.92 Å². The Morgan fingerprint density at radius 3 is 2.61 bits per heavy atom. The molecule has 2 aromatic carbocycles. The second-order valence-corrected chi connectivity index (χ2v) is 8.79. The molecule has 1 amide bonds. The Kier molecular flexibility index (Phi) is 7.49. The Morgan fingerprint density at radius 2 is 1.94 bits per heavy atom. The van der Waals surface area contributed by atoms with Gasteiger partial charge in [0, 0.05) is 28.1 Å². The van der Waals surface area contributed by atoms with E-state index in [1.165, 1.54) is 18.3 Å². The fourth-order valence-corrected chi connectivity index (χ4v) is 5.30. The molecule has 0 aliphatic rings. The zero-order valence-corrected chi connectivity index (χ0v) is 20.4. The second-order valence-electron chi connectivity index (χ2n) is 7.77. The third-order valence-corrected chi connectivity index (χ3v) is 6.81. The molecule has 0 bridgehead atoms. The number of nitrogens with zero attached hydrogens (tertiary/aromatic N) is 1. The summed E-state index contributed by atoms with van der Waals surface area (Å²) in [5.41, 5.74) is 3.71. The van der Waals surface area contributed by atoms with E-state index in [2.05, 4.69) is 10.3 Å². The minimum Gasteiger partial charge on any atom is -0.389 e. The molecule has 0 saturated heterocycles. The summed E-state index contributed by atoms with van der Waals surface area (Å²) in [6.45, 7) is 5.48. The van der Waals surface area contributed by atoms with Crippen LogP contribution in [0.1, 0.15) is 56.7 Å². The van der Waals surface area contributed by atoms with E-state index in [9.17, 15) is 14.7 Å². The average Bonchev–Trinajstić information content (AvgIpc) is 3.11. The van der Waals surface area contributed by atoms with Gasteiger partial charge in [0.2, 0.25) is 0 Å². The van der Waals surface area contributed by atoms with Crippen LogP contribution in [0.2, 0.25) is 0 Å². The molecule has 172 valence electrons. The molecule has 1 unspecified atom stereocenters. The Balaban J connectivity index is 0.00000306. The summed E-state index contributed by atoms with van der Waals surface area (Å²) in [7, 11) is 1.62. The number of halogens is 1. The maximum Gasteiger partial charge on any atom is 0.267 e. The monoisotopic (exact) mass is 484 g/mol. The molecule has 0 aliphatic carbocycles. The smallest absolute Gasteiger partial charge is 0.267 e. The lowest BCUT2D eigenvalue weighted by Gasteiger charge is -2.12. The number of ether oxygens (including phenoxy) is 1. The van der Waals surface area contributed by atoms with Crippen LogP contribution >= 0.6 is 23.7 Å². The molecule has 6 nitrogen and oxygen atoms in total. The van der Waals surface area contributed by atoms with Crippen LogP contribution in [0.5, 0.6) is 0 Å². The highest BCUT2D eigenvalue weighted by atomic mass is 35.5. The number of thiophene rings is 1. The van der Waals surface area contributed by atoms with E-state index in [0.717, 1.165) is 26.6 Å². The standard InChI is InChI=1S/C25H24N2O4S.ClH/c1-13-22-16(12-31-4)9-10-17(14(2)28)24(22)32-23(13)25(30)27-21-11-19(15(3)29)18-7-5-6-8-20(18)26-21;/h5-11,15,29H,12H2,1-4H3,(H,26,27,30);1H. The Hall–Kier alpha value is -2.84. The number of aliphatic hydroxyl groups excluding tert-OH is 1. The van der Waals surface area contributed by atoms with Crippen molar-refractivity contribution in [1.29, 1.82) is 0 Å². The summed E-state index contributed by atoms with van der Waals surface area (Å²) in [6, 6.07) is 12.9. The minimum atomic E-state index is -0.709. The number of aromatic nitrogens is 1. The maximum absolute atomic E-state index is 13.3. The zero-order valence-electron chi connectivity index (χ0n) is 18.8. The molecule has 0 saturated carbocycles. The first-order valence-corrected chi connectivity index (χ1v) is 11.1. The summed E-state index contributed by atoms with van der Waals surface area (Å²) in [6.07, 6.45) is -0.709. The normalized spacial score (nSPS) is 11.9. The lowest BCUT2D eigenvalue weighted by Crippen LogP contribution is -2.13. The lowest BCUT2D eigenvalue weighted by atomic mass is 10.0. The third-order valence-electron chi connectivity index (χ3n) is 5.49. The number of para-hydroxylation sites is 1. The van der Waals surface area contributed by atoms with Crippen molar-refractivity contribution < 1.29 is 19.4 Å². The number of anilines is 1. The largest absolute Gasteiger partial charge is 0.389 e. The second kappa shape index (κ2) is 9.97. The Bertz CT molecular complexity index is 1360. The van der Waals surface area contributed by atoms with Gasteiger partial charge in [0.05, 0.1) is 23.1 Å². The Labute approximate surface area is 202 Å². The van der Waals surface area contributed by atoms with E-state index in [0.29, 0.717) is 33.9 Å². The summed E-state index contributed by atoms with van der Waals surface area (Å²) >= 11 is 1.29. The molecule has 0 spiro atoms. The number of hydrogen-bond donors (Lipinski definition) is 2. The van der Waals surface area contributed by atoms with E-state index in [1.54, 1.807) is 26.2 Å². The van der Waals surface area contributed by atoms with Crippen LogP contribution in [0.3, 0.4) is 0 Å². The van der Waals surface area contributed by atoms with Crippen molar-refractivity contribution in [3.05, 3.63) is 69.6 Å². The molecule has 0 fully saturated rings. The predicted molar refractivity (Wildman–Crippen MR) is 135 cm³/mol. The highest BCUT2D eigenvalue weighted by molar-refractivity contribution is 7.21. The first kappa shape index (κ1) is 24.8. The number of benzene rings is 2. The molecular weight excluding hydrogens is 460 g/mol. The van der Waals surface area contributed by atoms with E-state index in [4.69, 9.17) is 4.74 Å². The van der Waals surface area contributed by atoms with Crippen molar-refractivity contribution in [2.45, 2.75) is 33.5 Å². The van der Waals surface area contributed by atoms with Crippen molar-refractivity contribution in [2.24, 2.45) is 0 Å². The maximum atomic E-state index is 13.3. The zero-order chi connectivity index (χ0) is 23.0. The van der Waals surface area contributed by atoms with Crippen molar-refractivity contribution in [2.75, 3.05) is 12.4 Å². The van der Waals surface area contributed by atoms with Crippen molar-refractivity contribution in [3.63, 3.8) is 0 Å². The quantitative estimate of drug-likeness (QED) is 0.336. The summed E-state index contributed by atoms with van der Waals surface area (Å²) in [5.74, 6) is 0.0104. The van der Waals surface area contributed by atoms with Crippen molar-refractivity contribution in [1.82, 2.24) is 4.98 Å². The van der Waals surface area contributed by atoms with Crippen LogP contribution in [0.15, 0.2) is 42.5 Å². The number of amides is 1. The van der Waals surface area contributed by atoms with E-state index >= 15 is 0 Å². The van der Waals surface area contributed by atoms with Gasteiger partial charge >= 0.3 is 0 Å². The average molecular weight is 485 g/mol.